The van der Waals surface area contributed by atoms with Gasteiger partial charge in [-0.15, -0.1) is 0 Å². The molecule has 0 saturated carbocycles. The van der Waals surface area contributed by atoms with Gasteiger partial charge in [0.05, 0.1) is 31.9 Å². The van der Waals surface area contributed by atoms with E-state index in [2.05, 4.69) is 10.3 Å². The van der Waals surface area contributed by atoms with Crippen molar-refractivity contribution in [3.8, 4) is 11.5 Å². The molecule has 1 aromatic carbocycles. The maximum Gasteiger partial charge on any atom is 0.350 e. The summed E-state index contributed by atoms with van der Waals surface area (Å²) in [6, 6.07) is 4.44. The molecular formula is C20H25N3O7S2. The lowest BCUT2D eigenvalue weighted by molar-refractivity contribution is -0.120. The van der Waals surface area contributed by atoms with Crippen molar-refractivity contribution in [2.24, 2.45) is 5.92 Å². The van der Waals surface area contributed by atoms with Crippen molar-refractivity contribution in [2.75, 3.05) is 39.7 Å². The highest BCUT2D eigenvalue weighted by Gasteiger charge is 2.33. The predicted octanol–water partition coefficient (Wildman–Crippen LogP) is 2.29. The summed E-state index contributed by atoms with van der Waals surface area (Å²) in [5.41, 5.74) is 0.480. The Hall–Kier alpha value is -2.70. The lowest BCUT2D eigenvalue weighted by Crippen LogP contribution is -2.41. The zero-order valence-corrected chi connectivity index (χ0v) is 19.8. The van der Waals surface area contributed by atoms with Gasteiger partial charge in [0.15, 0.2) is 16.6 Å². The van der Waals surface area contributed by atoms with E-state index in [1.165, 1.54) is 37.8 Å². The maximum absolute atomic E-state index is 13.0. The number of nitrogens with zero attached hydrogens (tertiary/aromatic N) is 2. The molecule has 0 spiro atoms. The number of thiazole rings is 1. The topological polar surface area (TPSA) is 124 Å². The van der Waals surface area contributed by atoms with Crippen molar-refractivity contribution in [3.63, 3.8) is 0 Å². The quantitative estimate of drug-likeness (QED) is 0.595. The first kappa shape index (κ1) is 24.0. The normalized spacial score (nSPS) is 15.2. The standard InChI is InChI=1S/C20H25N3O7S2/c1-12-17(19(25)30-4)31-20(21-12)22-18(24)13-7-9-23(10-8-13)32(26,27)14-5-6-15(28-2)16(11-14)29-3/h5-6,11,13H,7-10H2,1-4H3,(H,21,22,24). The molecule has 0 unspecified atom stereocenters. The summed E-state index contributed by atoms with van der Waals surface area (Å²) in [4.78, 5) is 29.0. The Bertz CT molecular complexity index is 1110. The zero-order valence-electron chi connectivity index (χ0n) is 18.2. The Morgan fingerprint density at radius 3 is 2.38 bits per heavy atom. The first-order valence-corrected chi connectivity index (χ1v) is 12.1. The van der Waals surface area contributed by atoms with E-state index < -0.39 is 16.0 Å². The van der Waals surface area contributed by atoms with Crippen LogP contribution in [0.25, 0.3) is 0 Å². The number of ether oxygens (including phenoxy) is 3. The monoisotopic (exact) mass is 483 g/mol. The highest BCUT2D eigenvalue weighted by molar-refractivity contribution is 7.89. The number of carbonyl (C=O) groups is 2. The molecule has 2 heterocycles. The van der Waals surface area contributed by atoms with Gasteiger partial charge in [-0.2, -0.15) is 4.31 Å². The van der Waals surface area contributed by atoms with Crippen LogP contribution in [0.5, 0.6) is 11.5 Å². The summed E-state index contributed by atoms with van der Waals surface area (Å²) in [6.45, 7) is 2.08. The number of benzene rings is 1. The Morgan fingerprint density at radius 1 is 1.12 bits per heavy atom. The Labute approximate surface area is 190 Å². The van der Waals surface area contributed by atoms with Crippen LogP contribution in [0, 0.1) is 12.8 Å². The number of hydrogen-bond donors (Lipinski definition) is 1. The number of methoxy groups -OCH3 is 3. The van der Waals surface area contributed by atoms with Crippen LogP contribution in [0.3, 0.4) is 0 Å². The third-order valence-electron chi connectivity index (χ3n) is 5.22. The summed E-state index contributed by atoms with van der Waals surface area (Å²) in [5, 5.41) is 3.04. The van der Waals surface area contributed by atoms with E-state index in [1.54, 1.807) is 13.0 Å². The van der Waals surface area contributed by atoms with Crippen LogP contribution in [0.1, 0.15) is 28.2 Å². The number of piperidine rings is 1. The summed E-state index contributed by atoms with van der Waals surface area (Å²) in [6.07, 6.45) is 0.735. The molecule has 32 heavy (non-hydrogen) atoms. The molecule has 0 radical (unpaired) electrons. The summed E-state index contributed by atoms with van der Waals surface area (Å²) in [5.74, 6) is -0.354. The number of rotatable bonds is 7. The van der Waals surface area contributed by atoms with Gasteiger partial charge < -0.3 is 19.5 Å². The Kier molecular flexibility index (Phi) is 7.36. The number of aryl methyl sites for hydroxylation is 1. The molecule has 0 aliphatic carbocycles. The van der Waals surface area contributed by atoms with Gasteiger partial charge in [-0.3, -0.25) is 4.79 Å². The molecule has 12 heteroatoms. The van der Waals surface area contributed by atoms with E-state index in [9.17, 15) is 18.0 Å². The first-order valence-electron chi connectivity index (χ1n) is 9.80. The number of anilines is 1. The summed E-state index contributed by atoms with van der Waals surface area (Å²) in [7, 11) is 0.462. The molecule has 1 fully saturated rings. The number of carbonyl (C=O) groups excluding carboxylic acids is 2. The van der Waals surface area contributed by atoms with Crippen LogP contribution in [-0.2, 0) is 19.6 Å². The smallest absolute Gasteiger partial charge is 0.350 e. The van der Waals surface area contributed by atoms with Gasteiger partial charge in [-0.25, -0.2) is 18.2 Å². The second kappa shape index (κ2) is 9.84. The first-order chi connectivity index (χ1) is 15.2. The summed E-state index contributed by atoms with van der Waals surface area (Å²) < 4.78 is 42.5. The molecule has 1 aliphatic rings. The van der Waals surface area contributed by atoms with Crippen molar-refractivity contribution in [1.82, 2.24) is 9.29 Å². The van der Waals surface area contributed by atoms with E-state index in [-0.39, 0.29) is 29.8 Å². The Balaban J connectivity index is 1.64. The number of hydrogen-bond acceptors (Lipinski definition) is 9. The SMILES string of the molecule is COC(=O)c1sc(NC(=O)C2CCN(S(=O)(=O)c3ccc(OC)c(OC)c3)CC2)nc1C. The second-order valence-corrected chi connectivity index (χ2v) is 10.0. The number of amides is 1. The van der Waals surface area contributed by atoms with Crippen molar-refractivity contribution in [2.45, 2.75) is 24.7 Å². The maximum atomic E-state index is 13.0. The summed E-state index contributed by atoms with van der Waals surface area (Å²) >= 11 is 1.05. The third kappa shape index (κ3) is 4.87. The van der Waals surface area contributed by atoms with Crippen molar-refractivity contribution in [3.05, 3.63) is 28.8 Å². The molecule has 2 aromatic rings. The lowest BCUT2D eigenvalue weighted by atomic mass is 9.97. The molecule has 1 amide bonds. The lowest BCUT2D eigenvalue weighted by Gasteiger charge is -2.30. The minimum absolute atomic E-state index is 0.103. The van der Waals surface area contributed by atoms with Gasteiger partial charge in [0.1, 0.15) is 4.88 Å². The van der Waals surface area contributed by atoms with Crippen molar-refractivity contribution >= 4 is 38.4 Å². The second-order valence-electron chi connectivity index (χ2n) is 7.11. The van der Waals surface area contributed by atoms with Crippen LogP contribution in [0.15, 0.2) is 23.1 Å². The average molecular weight is 484 g/mol. The fourth-order valence-electron chi connectivity index (χ4n) is 3.42. The number of aromatic nitrogens is 1. The molecule has 1 aromatic heterocycles. The highest BCUT2D eigenvalue weighted by atomic mass is 32.2. The molecule has 1 aliphatic heterocycles. The van der Waals surface area contributed by atoms with Crippen LogP contribution in [-0.4, -0.2) is 64.0 Å². The fraction of sp³-hybridized carbons (Fsp3) is 0.450. The highest BCUT2D eigenvalue weighted by Crippen LogP contribution is 2.32. The van der Waals surface area contributed by atoms with Gasteiger partial charge in [0.2, 0.25) is 15.9 Å². The number of esters is 1. The fourth-order valence-corrected chi connectivity index (χ4v) is 5.80. The molecule has 0 bridgehead atoms. The number of nitrogens with one attached hydrogen (secondary N) is 1. The molecule has 3 rings (SSSR count). The van der Waals surface area contributed by atoms with Crippen molar-refractivity contribution in [1.29, 1.82) is 0 Å². The minimum atomic E-state index is -3.74. The van der Waals surface area contributed by atoms with Crippen molar-refractivity contribution < 1.29 is 32.2 Å². The van der Waals surface area contributed by atoms with Crippen LogP contribution in [0.2, 0.25) is 0 Å². The van der Waals surface area contributed by atoms with E-state index in [1.807, 2.05) is 0 Å². The van der Waals surface area contributed by atoms with Crippen LogP contribution < -0.4 is 14.8 Å². The van der Waals surface area contributed by atoms with Gasteiger partial charge in [0, 0.05) is 25.1 Å². The molecular weight excluding hydrogens is 458 g/mol. The molecule has 0 atom stereocenters. The molecule has 174 valence electrons. The van der Waals surface area contributed by atoms with E-state index in [4.69, 9.17) is 14.2 Å². The average Bonchev–Trinajstić information content (AvgIpc) is 3.17. The van der Waals surface area contributed by atoms with Gasteiger partial charge in [-0.1, -0.05) is 11.3 Å². The third-order valence-corrected chi connectivity index (χ3v) is 8.16. The van der Waals surface area contributed by atoms with E-state index >= 15 is 0 Å². The molecule has 10 nitrogen and oxygen atoms in total. The molecule has 1 N–H and O–H groups in total. The largest absolute Gasteiger partial charge is 0.493 e. The zero-order chi connectivity index (χ0) is 23.5. The van der Waals surface area contributed by atoms with Gasteiger partial charge in [0.25, 0.3) is 0 Å². The van der Waals surface area contributed by atoms with Gasteiger partial charge >= 0.3 is 5.97 Å². The van der Waals surface area contributed by atoms with Crippen LogP contribution >= 0.6 is 11.3 Å². The van der Waals surface area contributed by atoms with E-state index in [0.29, 0.717) is 40.0 Å². The minimum Gasteiger partial charge on any atom is -0.493 e. The van der Waals surface area contributed by atoms with Gasteiger partial charge in [-0.05, 0) is 31.9 Å². The Morgan fingerprint density at radius 2 is 1.78 bits per heavy atom. The molecule has 1 saturated heterocycles. The predicted molar refractivity (Wildman–Crippen MR) is 118 cm³/mol. The number of sulfonamides is 1. The van der Waals surface area contributed by atoms with Crippen LogP contribution in [0.4, 0.5) is 5.13 Å². The van der Waals surface area contributed by atoms with E-state index in [0.717, 1.165) is 11.3 Å².